The predicted molar refractivity (Wildman–Crippen MR) is 88.8 cm³/mol. The van der Waals surface area contributed by atoms with Crippen molar-refractivity contribution in [3.63, 3.8) is 0 Å². The summed E-state index contributed by atoms with van der Waals surface area (Å²) in [6.07, 6.45) is -1.29. The first-order valence-electron chi connectivity index (χ1n) is 8.04. The number of nitrogens with two attached hydrogens (primary N) is 1. The van der Waals surface area contributed by atoms with E-state index >= 15 is 0 Å². The molecule has 2 rings (SSSR count). The monoisotopic (exact) mass is 341 g/mol. The Morgan fingerprint density at radius 3 is 2.79 bits per heavy atom. The van der Waals surface area contributed by atoms with Gasteiger partial charge in [0.1, 0.15) is 17.6 Å². The number of rotatable bonds is 4. The highest BCUT2D eigenvalue weighted by Gasteiger charge is 2.37. The first-order valence-corrected chi connectivity index (χ1v) is 8.04. The number of anilines is 1. The van der Waals surface area contributed by atoms with Crippen molar-refractivity contribution in [3.05, 3.63) is 29.6 Å². The van der Waals surface area contributed by atoms with Crippen LogP contribution in [0.3, 0.4) is 0 Å². The molecule has 0 unspecified atom stereocenters. The number of halogens is 2. The van der Waals surface area contributed by atoms with E-state index in [0.29, 0.717) is 18.8 Å². The summed E-state index contributed by atoms with van der Waals surface area (Å²) in [7, 11) is 0. The van der Waals surface area contributed by atoms with E-state index in [1.54, 1.807) is 26.8 Å². The quantitative estimate of drug-likeness (QED) is 0.827. The first kappa shape index (κ1) is 18.4. The molecule has 0 aromatic heterocycles. The summed E-state index contributed by atoms with van der Waals surface area (Å²) in [6, 6.07) is 3.93. The molecular weight excluding hydrogens is 316 g/mol. The molecule has 3 N–H and O–H groups in total. The third-order valence-corrected chi connectivity index (χ3v) is 3.79. The van der Waals surface area contributed by atoms with Crippen LogP contribution in [0.2, 0.25) is 0 Å². The molecule has 0 radical (unpaired) electrons. The SMILES string of the molecule is CC(C)(C)OC(=O)N1C[C@@H](F)C[C@H]1CNCc1ccc(F)cc1N. The number of alkyl halides is 1. The summed E-state index contributed by atoms with van der Waals surface area (Å²) in [6.45, 7) is 6.20. The van der Waals surface area contributed by atoms with Gasteiger partial charge in [0.05, 0.1) is 12.6 Å². The average molecular weight is 341 g/mol. The molecule has 24 heavy (non-hydrogen) atoms. The van der Waals surface area contributed by atoms with Crippen molar-refractivity contribution in [1.29, 1.82) is 0 Å². The van der Waals surface area contributed by atoms with Crippen LogP contribution >= 0.6 is 0 Å². The second-order valence-corrected chi connectivity index (χ2v) is 7.09. The zero-order valence-electron chi connectivity index (χ0n) is 14.3. The Bertz CT molecular complexity index is 590. The summed E-state index contributed by atoms with van der Waals surface area (Å²) in [5.41, 5.74) is 6.26. The summed E-state index contributed by atoms with van der Waals surface area (Å²) in [5, 5.41) is 3.15. The van der Waals surface area contributed by atoms with Crippen molar-refractivity contribution in [2.24, 2.45) is 0 Å². The summed E-state index contributed by atoms with van der Waals surface area (Å²) in [4.78, 5) is 13.6. The Balaban J connectivity index is 1.91. The number of carbonyl (C=O) groups excluding carboxylic acids is 1. The van der Waals surface area contributed by atoms with Gasteiger partial charge in [-0.15, -0.1) is 0 Å². The molecule has 1 aromatic rings. The fraction of sp³-hybridized carbons (Fsp3) is 0.588. The van der Waals surface area contributed by atoms with Crippen LogP contribution in [0, 0.1) is 5.82 Å². The maximum Gasteiger partial charge on any atom is 0.410 e. The Kier molecular flexibility index (Phi) is 5.64. The molecule has 0 spiro atoms. The second-order valence-electron chi connectivity index (χ2n) is 7.09. The van der Waals surface area contributed by atoms with E-state index < -0.39 is 17.9 Å². The molecule has 1 aliphatic heterocycles. The smallest absolute Gasteiger partial charge is 0.410 e. The van der Waals surface area contributed by atoms with Crippen molar-refractivity contribution >= 4 is 11.8 Å². The van der Waals surface area contributed by atoms with Crippen LogP contribution in [0.5, 0.6) is 0 Å². The molecule has 7 heteroatoms. The van der Waals surface area contributed by atoms with Gasteiger partial charge in [0.25, 0.3) is 0 Å². The topological polar surface area (TPSA) is 67.6 Å². The molecule has 1 aromatic carbocycles. The van der Waals surface area contributed by atoms with Crippen molar-refractivity contribution in [1.82, 2.24) is 10.2 Å². The van der Waals surface area contributed by atoms with E-state index in [0.717, 1.165) is 5.56 Å². The van der Waals surface area contributed by atoms with Crippen molar-refractivity contribution < 1.29 is 18.3 Å². The van der Waals surface area contributed by atoms with Gasteiger partial charge in [-0.05, 0) is 38.5 Å². The molecule has 1 amide bonds. The highest BCUT2D eigenvalue weighted by Crippen LogP contribution is 2.23. The molecule has 2 atom stereocenters. The molecular formula is C17H25F2N3O2. The van der Waals surface area contributed by atoms with E-state index in [-0.39, 0.29) is 24.8 Å². The van der Waals surface area contributed by atoms with Crippen LogP contribution < -0.4 is 11.1 Å². The number of ether oxygens (including phenoxy) is 1. The lowest BCUT2D eigenvalue weighted by atomic mass is 10.1. The number of nitrogens with zero attached hydrogens (tertiary/aromatic N) is 1. The molecule has 1 fully saturated rings. The number of hydrogen-bond acceptors (Lipinski definition) is 4. The van der Waals surface area contributed by atoms with E-state index in [9.17, 15) is 13.6 Å². The maximum atomic E-state index is 13.7. The van der Waals surface area contributed by atoms with Crippen LogP contribution in [-0.2, 0) is 11.3 Å². The zero-order chi connectivity index (χ0) is 17.9. The number of likely N-dealkylation sites (tertiary alicyclic amines) is 1. The third-order valence-electron chi connectivity index (χ3n) is 3.79. The van der Waals surface area contributed by atoms with Crippen LogP contribution in [0.15, 0.2) is 18.2 Å². The lowest BCUT2D eigenvalue weighted by molar-refractivity contribution is 0.0218. The average Bonchev–Trinajstić information content (AvgIpc) is 2.80. The highest BCUT2D eigenvalue weighted by atomic mass is 19.1. The van der Waals surface area contributed by atoms with Crippen molar-refractivity contribution in [2.75, 3.05) is 18.8 Å². The number of benzene rings is 1. The largest absolute Gasteiger partial charge is 0.444 e. The van der Waals surface area contributed by atoms with E-state index in [2.05, 4.69) is 5.32 Å². The number of amides is 1. The van der Waals surface area contributed by atoms with Gasteiger partial charge in [-0.2, -0.15) is 0 Å². The van der Waals surface area contributed by atoms with E-state index in [1.807, 2.05) is 0 Å². The predicted octanol–water partition coefficient (Wildman–Crippen LogP) is 2.85. The molecule has 1 heterocycles. The zero-order valence-corrected chi connectivity index (χ0v) is 14.3. The minimum Gasteiger partial charge on any atom is -0.444 e. The number of nitrogen functional groups attached to an aromatic ring is 1. The van der Waals surface area contributed by atoms with Gasteiger partial charge in [-0.3, -0.25) is 0 Å². The molecule has 0 aliphatic carbocycles. The molecule has 1 saturated heterocycles. The van der Waals surface area contributed by atoms with Gasteiger partial charge < -0.3 is 20.7 Å². The highest BCUT2D eigenvalue weighted by molar-refractivity contribution is 5.69. The molecule has 0 saturated carbocycles. The molecule has 1 aliphatic rings. The molecule has 5 nitrogen and oxygen atoms in total. The van der Waals surface area contributed by atoms with Crippen molar-refractivity contribution in [2.45, 2.75) is 51.6 Å². The van der Waals surface area contributed by atoms with Gasteiger partial charge in [-0.25, -0.2) is 13.6 Å². The Hall–Kier alpha value is -1.89. The van der Waals surface area contributed by atoms with Crippen LogP contribution in [0.25, 0.3) is 0 Å². The Morgan fingerprint density at radius 1 is 1.46 bits per heavy atom. The fourth-order valence-corrected chi connectivity index (χ4v) is 2.70. The normalized spacial score (nSPS) is 21.1. The summed E-state index contributed by atoms with van der Waals surface area (Å²) >= 11 is 0. The number of hydrogen-bond donors (Lipinski definition) is 2. The Morgan fingerprint density at radius 2 is 2.17 bits per heavy atom. The Labute approximate surface area is 141 Å². The second kappa shape index (κ2) is 7.34. The van der Waals surface area contributed by atoms with Gasteiger partial charge in [0.2, 0.25) is 0 Å². The van der Waals surface area contributed by atoms with Gasteiger partial charge >= 0.3 is 6.09 Å². The minimum atomic E-state index is -1.06. The van der Waals surface area contributed by atoms with Gasteiger partial charge in [0.15, 0.2) is 0 Å². The lowest BCUT2D eigenvalue weighted by Crippen LogP contribution is -2.44. The summed E-state index contributed by atoms with van der Waals surface area (Å²) < 4.78 is 32.1. The molecule has 134 valence electrons. The number of carbonyl (C=O) groups is 1. The standard InChI is InChI=1S/C17H25F2N3O2/c1-17(2,3)24-16(23)22-10-13(19)6-14(22)9-21-8-11-4-5-12(18)7-15(11)20/h4-5,7,13-14,21H,6,8-10,20H2,1-3H3/t13-,14-/m0/s1. The van der Waals surface area contributed by atoms with Gasteiger partial charge in [0, 0.05) is 25.2 Å². The van der Waals surface area contributed by atoms with E-state index in [4.69, 9.17) is 10.5 Å². The van der Waals surface area contributed by atoms with Crippen LogP contribution in [-0.4, -0.2) is 41.9 Å². The maximum absolute atomic E-state index is 13.7. The summed E-state index contributed by atoms with van der Waals surface area (Å²) in [5.74, 6) is -0.386. The van der Waals surface area contributed by atoms with Crippen LogP contribution in [0.1, 0.15) is 32.8 Å². The first-order chi connectivity index (χ1) is 11.2. The fourth-order valence-electron chi connectivity index (χ4n) is 2.70. The third kappa shape index (κ3) is 5.06. The van der Waals surface area contributed by atoms with E-state index in [1.165, 1.54) is 17.0 Å². The lowest BCUT2D eigenvalue weighted by Gasteiger charge is -2.28. The molecule has 0 bridgehead atoms. The van der Waals surface area contributed by atoms with Crippen molar-refractivity contribution in [3.8, 4) is 0 Å². The van der Waals surface area contributed by atoms with Gasteiger partial charge in [-0.1, -0.05) is 6.07 Å². The minimum absolute atomic E-state index is 0.0416. The number of nitrogens with one attached hydrogen (secondary N) is 1. The van der Waals surface area contributed by atoms with Crippen LogP contribution in [0.4, 0.5) is 19.3 Å².